The second-order valence-corrected chi connectivity index (χ2v) is 3.49. The Morgan fingerprint density at radius 2 is 2.29 bits per heavy atom. The molecule has 0 spiro atoms. The van der Waals surface area contributed by atoms with E-state index in [4.69, 9.17) is 9.52 Å². The van der Waals surface area contributed by atoms with Crippen molar-refractivity contribution in [1.82, 2.24) is 15.2 Å². The van der Waals surface area contributed by atoms with Crippen LogP contribution in [-0.2, 0) is 11.2 Å². The number of pyridine rings is 1. The van der Waals surface area contributed by atoms with Gasteiger partial charge in [0.25, 0.3) is 0 Å². The molecule has 0 aliphatic carbocycles. The van der Waals surface area contributed by atoms with E-state index < -0.39 is 5.97 Å². The summed E-state index contributed by atoms with van der Waals surface area (Å²) in [7, 11) is 0. The average molecular weight is 233 g/mol. The van der Waals surface area contributed by atoms with Gasteiger partial charge in [-0.25, -0.2) is 0 Å². The van der Waals surface area contributed by atoms with Crippen molar-refractivity contribution in [2.24, 2.45) is 0 Å². The summed E-state index contributed by atoms with van der Waals surface area (Å²) < 4.78 is 5.40. The number of hydrogen-bond acceptors (Lipinski definition) is 5. The molecule has 0 fully saturated rings. The summed E-state index contributed by atoms with van der Waals surface area (Å²) in [5.41, 5.74) is 0.754. The van der Waals surface area contributed by atoms with Gasteiger partial charge in [-0.1, -0.05) is 0 Å². The maximum Gasteiger partial charge on any atom is 0.303 e. The van der Waals surface area contributed by atoms with E-state index in [2.05, 4.69) is 15.2 Å². The van der Waals surface area contributed by atoms with Crippen molar-refractivity contribution in [1.29, 1.82) is 0 Å². The highest BCUT2D eigenvalue weighted by Gasteiger charge is 2.08. The number of rotatable bonds is 5. The molecule has 2 aromatic heterocycles. The lowest BCUT2D eigenvalue weighted by molar-refractivity contribution is -0.137. The first kappa shape index (κ1) is 11.3. The van der Waals surface area contributed by atoms with Gasteiger partial charge in [-0.2, -0.15) is 0 Å². The number of carboxylic acid groups (broad SMARTS) is 1. The monoisotopic (exact) mass is 233 g/mol. The second kappa shape index (κ2) is 5.20. The van der Waals surface area contributed by atoms with Gasteiger partial charge in [-0.05, 0) is 18.6 Å². The van der Waals surface area contributed by atoms with Gasteiger partial charge < -0.3 is 9.52 Å². The Bertz CT molecular complexity index is 496. The van der Waals surface area contributed by atoms with Crippen LogP contribution in [0.5, 0.6) is 0 Å². The van der Waals surface area contributed by atoms with E-state index >= 15 is 0 Å². The Morgan fingerprint density at radius 3 is 3.00 bits per heavy atom. The normalized spacial score (nSPS) is 10.4. The minimum atomic E-state index is -0.822. The molecule has 0 saturated heterocycles. The third-order valence-corrected chi connectivity index (χ3v) is 2.16. The molecule has 88 valence electrons. The Morgan fingerprint density at radius 1 is 1.41 bits per heavy atom. The molecule has 0 radical (unpaired) electrons. The third kappa shape index (κ3) is 3.10. The zero-order valence-electron chi connectivity index (χ0n) is 9.04. The van der Waals surface area contributed by atoms with Crippen molar-refractivity contribution in [2.75, 3.05) is 0 Å². The molecule has 6 nitrogen and oxygen atoms in total. The summed E-state index contributed by atoms with van der Waals surface area (Å²) in [6, 6.07) is 3.60. The molecule has 0 unspecified atom stereocenters. The summed E-state index contributed by atoms with van der Waals surface area (Å²) in [5.74, 6) is 0.0329. The highest BCUT2D eigenvalue weighted by molar-refractivity contribution is 5.66. The summed E-state index contributed by atoms with van der Waals surface area (Å²) >= 11 is 0. The molecule has 0 bridgehead atoms. The Balaban J connectivity index is 1.99. The summed E-state index contributed by atoms with van der Waals surface area (Å²) in [6.45, 7) is 0. The highest BCUT2D eigenvalue weighted by atomic mass is 16.4. The molecule has 0 amide bonds. The van der Waals surface area contributed by atoms with E-state index in [1.54, 1.807) is 18.5 Å². The van der Waals surface area contributed by atoms with Crippen LogP contribution >= 0.6 is 0 Å². The fourth-order valence-corrected chi connectivity index (χ4v) is 1.35. The number of aromatic nitrogens is 3. The first-order chi connectivity index (χ1) is 8.25. The van der Waals surface area contributed by atoms with E-state index in [1.807, 2.05) is 6.07 Å². The van der Waals surface area contributed by atoms with Crippen LogP contribution in [0.2, 0.25) is 0 Å². The quantitative estimate of drug-likeness (QED) is 0.842. The maximum absolute atomic E-state index is 10.3. The van der Waals surface area contributed by atoms with Gasteiger partial charge in [0.05, 0.1) is 5.56 Å². The SMILES string of the molecule is O=C(O)CCCc1nnc(-c2cccnc2)o1. The minimum Gasteiger partial charge on any atom is -0.481 e. The third-order valence-electron chi connectivity index (χ3n) is 2.16. The standard InChI is InChI=1S/C11H11N3O3/c15-10(16)5-1-4-9-13-14-11(17-9)8-3-2-6-12-7-8/h2-3,6-7H,1,4-5H2,(H,15,16). The Hall–Kier alpha value is -2.24. The molecule has 0 aliphatic rings. The van der Waals surface area contributed by atoms with Gasteiger partial charge in [-0.3, -0.25) is 9.78 Å². The van der Waals surface area contributed by atoms with Gasteiger partial charge in [0.1, 0.15) is 0 Å². The lowest BCUT2D eigenvalue weighted by Crippen LogP contribution is -1.95. The number of nitrogens with zero attached hydrogens (tertiary/aromatic N) is 3. The predicted octanol–water partition coefficient (Wildman–Crippen LogP) is 1.54. The molecule has 0 aromatic carbocycles. The molecule has 0 saturated carbocycles. The number of carboxylic acids is 1. The zero-order chi connectivity index (χ0) is 12.1. The second-order valence-electron chi connectivity index (χ2n) is 3.49. The van der Waals surface area contributed by atoms with Crippen LogP contribution in [0, 0.1) is 0 Å². The fraction of sp³-hybridized carbons (Fsp3) is 0.273. The van der Waals surface area contributed by atoms with Gasteiger partial charge in [0, 0.05) is 25.2 Å². The largest absolute Gasteiger partial charge is 0.481 e. The van der Waals surface area contributed by atoms with Crippen LogP contribution in [0.4, 0.5) is 0 Å². The van der Waals surface area contributed by atoms with Crippen molar-refractivity contribution >= 4 is 5.97 Å². The van der Waals surface area contributed by atoms with E-state index in [9.17, 15) is 4.79 Å². The molecule has 0 atom stereocenters. The molecular formula is C11H11N3O3. The maximum atomic E-state index is 10.3. The number of aryl methyl sites for hydroxylation is 1. The molecule has 2 rings (SSSR count). The number of aliphatic carboxylic acids is 1. The number of carbonyl (C=O) groups is 1. The topological polar surface area (TPSA) is 89.1 Å². The van der Waals surface area contributed by atoms with Crippen molar-refractivity contribution in [2.45, 2.75) is 19.3 Å². The zero-order valence-corrected chi connectivity index (χ0v) is 9.04. The van der Waals surface area contributed by atoms with Gasteiger partial charge >= 0.3 is 5.97 Å². The van der Waals surface area contributed by atoms with E-state index in [0.717, 1.165) is 5.56 Å². The van der Waals surface area contributed by atoms with Crippen molar-refractivity contribution in [3.05, 3.63) is 30.4 Å². The van der Waals surface area contributed by atoms with Crippen LogP contribution in [0.25, 0.3) is 11.5 Å². The van der Waals surface area contributed by atoms with Crippen LogP contribution in [0.3, 0.4) is 0 Å². The Kier molecular flexibility index (Phi) is 3.44. The van der Waals surface area contributed by atoms with Crippen LogP contribution in [-0.4, -0.2) is 26.3 Å². The summed E-state index contributed by atoms with van der Waals surface area (Å²) in [4.78, 5) is 14.3. The van der Waals surface area contributed by atoms with Gasteiger partial charge in [0.2, 0.25) is 11.8 Å². The van der Waals surface area contributed by atoms with Gasteiger partial charge in [0.15, 0.2) is 0 Å². The van der Waals surface area contributed by atoms with Crippen LogP contribution < -0.4 is 0 Å². The fourth-order valence-electron chi connectivity index (χ4n) is 1.35. The van der Waals surface area contributed by atoms with Gasteiger partial charge in [-0.15, -0.1) is 10.2 Å². The molecular weight excluding hydrogens is 222 g/mol. The number of hydrogen-bond donors (Lipinski definition) is 1. The first-order valence-corrected chi connectivity index (χ1v) is 5.20. The van der Waals surface area contributed by atoms with Crippen LogP contribution in [0.1, 0.15) is 18.7 Å². The van der Waals surface area contributed by atoms with Crippen LogP contribution in [0.15, 0.2) is 28.9 Å². The Labute approximate surface area is 97.3 Å². The molecule has 2 heterocycles. The smallest absolute Gasteiger partial charge is 0.303 e. The minimum absolute atomic E-state index is 0.102. The van der Waals surface area contributed by atoms with Crippen molar-refractivity contribution < 1.29 is 14.3 Å². The summed E-state index contributed by atoms with van der Waals surface area (Å²) in [5, 5.41) is 16.2. The predicted molar refractivity (Wildman–Crippen MR) is 58.1 cm³/mol. The summed E-state index contributed by atoms with van der Waals surface area (Å²) in [6.07, 6.45) is 4.36. The van der Waals surface area contributed by atoms with Crippen molar-refractivity contribution in [3.63, 3.8) is 0 Å². The van der Waals surface area contributed by atoms with E-state index in [-0.39, 0.29) is 6.42 Å². The first-order valence-electron chi connectivity index (χ1n) is 5.20. The van der Waals surface area contributed by atoms with E-state index in [0.29, 0.717) is 24.6 Å². The van der Waals surface area contributed by atoms with E-state index in [1.165, 1.54) is 0 Å². The lowest BCUT2D eigenvalue weighted by Gasteiger charge is -1.93. The van der Waals surface area contributed by atoms with Crippen molar-refractivity contribution in [3.8, 4) is 11.5 Å². The molecule has 1 N–H and O–H groups in total. The molecule has 0 aliphatic heterocycles. The highest BCUT2D eigenvalue weighted by Crippen LogP contribution is 2.16. The average Bonchev–Trinajstić information content (AvgIpc) is 2.78. The molecule has 17 heavy (non-hydrogen) atoms. The molecule has 2 aromatic rings. The lowest BCUT2D eigenvalue weighted by atomic mass is 10.2. The molecule has 6 heteroatoms.